The van der Waals surface area contributed by atoms with Crippen LogP contribution in [0, 0.1) is 0 Å². The van der Waals surface area contributed by atoms with E-state index in [-0.39, 0.29) is 5.91 Å². The molecule has 1 amide bonds. The molecule has 1 N–H and O–H groups in total. The van der Waals surface area contributed by atoms with Crippen LogP contribution < -0.4 is 24.3 Å². The number of carbonyl (C=O) groups excluding carboxylic acids is 1. The summed E-state index contributed by atoms with van der Waals surface area (Å²) in [6.45, 7) is 4.05. The number of thioether (sulfide) groups is 1. The van der Waals surface area contributed by atoms with Crippen molar-refractivity contribution in [1.29, 1.82) is 0 Å². The molecule has 2 aromatic rings. The molecular weight excluding hydrogens is 366 g/mol. The van der Waals surface area contributed by atoms with E-state index in [9.17, 15) is 4.79 Å². The Morgan fingerprint density at radius 2 is 1.93 bits per heavy atom. The number of benzene rings is 2. The van der Waals surface area contributed by atoms with Gasteiger partial charge in [0.05, 0.1) is 19.5 Å². The Morgan fingerprint density at radius 3 is 2.70 bits per heavy atom. The number of rotatable bonds is 8. The maximum absolute atomic E-state index is 12.2. The van der Waals surface area contributed by atoms with Crippen molar-refractivity contribution < 1.29 is 23.7 Å². The first-order chi connectivity index (χ1) is 13.2. The molecule has 0 radical (unpaired) electrons. The van der Waals surface area contributed by atoms with Crippen LogP contribution in [0.5, 0.6) is 23.0 Å². The molecule has 1 aliphatic rings. The van der Waals surface area contributed by atoms with E-state index in [2.05, 4.69) is 5.32 Å². The SMILES string of the molecule is CCOc1ccc(CNC(=O)CSc2ccc3c(c2)OCCO3)cc1OC. The summed E-state index contributed by atoms with van der Waals surface area (Å²) in [6, 6.07) is 11.4. The van der Waals surface area contributed by atoms with Crippen LogP contribution in [0.15, 0.2) is 41.3 Å². The Balaban J connectivity index is 1.50. The lowest BCUT2D eigenvalue weighted by Crippen LogP contribution is -2.24. The minimum atomic E-state index is -0.0391. The second-order valence-corrected chi connectivity index (χ2v) is 6.84. The number of amides is 1. The van der Waals surface area contributed by atoms with Gasteiger partial charge in [0.25, 0.3) is 0 Å². The van der Waals surface area contributed by atoms with Gasteiger partial charge in [-0.3, -0.25) is 4.79 Å². The molecule has 0 atom stereocenters. The van der Waals surface area contributed by atoms with E-state index in [1.54, 1.807) is 7.11 Å². The van der Waals surface area contributed by atoms with Gasteiger partial charge in [0.2, 0.25) is 5.91 Å². The van der Waals surface area contributed by atoms with E-state index >= 15 is 0 Å². The number of hydrogen-bond acceptors (Lipinski definition) is 6. The largest absolute Gasteiger partial charge is 0.493 e. The van der Waals surface area contributed by atoms with Gasteiger partial charge in [-0.25, -0.2) is 0 Å². The molecule has 1 heterocycles. The molecule has 3 rings (SSSR count). The Morgan fingerprint density at radius 1 is 1.11 bits per heavy atom. The predicted molar refractivity (Wildman–Crippen MR) is 104 cm³/mol. The van der Waals surface area contributed by atoms with Crippen LogP contribution in [-0.2, 0) is 11.3 Å². The standard InChI is InChI=1S/C20H23NO5S/c1-3-24-16-6-4-14(10-18(16)23-2)12-21-20(22)13-27-15-5-7-17-19(11-15)26-9-8-25-17/h4-7,10-11H,3,8-9,12-13H2,1-2H3,(H,21,22). The summed E-state index contributed by atoms with van der Waals surface area (Å²) < 4.78 is 21.9. The minimum Gasteiger partial charge on any atom is -0.493 e. The Labute approximate surface area is 163 Å². The fourth-order valence-electron chi connectivity index (χ4n) is 2.61. The van der Waals surface area contributed by atoms with Crippen molar-refractivity contribution in [3.8, 4) is 23.0 Å². The van der Waals surface area contributed by atoms with Gasteiger partial charge in [-0.05, 0) is 42.8 Å². The molecule has 6 nitrogen and oxygen atoms in total. The van der Waals surface area contributed by atoms with Crippen molar-refractivity contribution >= 4 is 17.7 Å². The first-order valence-electron chi connectivity index (χ1n) is 8.78. The third kappa shape index (κ3) is 5.23. The van der Waals surface area contributed by atoms with Crippen LogP contribution in [0.2, 0.25) is 0 Å². The van der Waals surface area contributed by atoms with E-state index in [0.717, 1.165) is 22.0 Å². The lowest BCUT2D eigenvalue weighted by Gasteiger charge is -2.18. The first-order valence-corrected chi connectivity index (χ1v) is 9.77. The van der Waals surface area contributed by atoms with Gasteiger partial charge < -0.3 is 24.3 Å². The quantitative estimate of drug-likeness (QED) is 0.699. The zero-order valence-electron chi connectivity index (χ0n) is 15.4. The summed E-state index contributed by atoms with van der Waals surface area (Å²) in [5.41, 5.74) is 0.952. The van der Waals surface area contributed by atoms with Crippen LogP contribution in [0.1, 0.15) is 12.5 Å². The molecule has 27 heavy (non-hydrogen) atoms. The maximum atomic E-state index is 12.2. The summed E-state index contributed by atoms with van der Waals surface area (Å²) in [5, 5.41) is 2.92. The fourth-order valence-corrected chi connectivity index (χ4v) is 3.37. The van der Waals surface area contributed by atoms with Gasteiger partial charge >= 0.3 is 0 Å². The second-order valence-electron chi connectivity index (χ2n) is 5.79. The van der Waals surface area contributed by atoms with Crippen molar-refractivity contribution in [1.82, 2.24) is 5.32 Å². The first kappa shape index (κ1) is 19.2. The molecule has 144 valence electrons. The zero-order valence-corrected chi connectivity index (χ0v) is 16.3. The third-order valence-electron chi connectivity index (χ3n) is 3.90. The molecule has 0 saturated heterocycles. The number of nitrogens with one attached hydrogen (secondary N) is 1. The Bertz CT molecular complexity index is 796. The number of carbonyl (C=O) groups is 1. The van der Waals surface area contributed by atoms with E-state index in [1.807, 2.05) is 43.3 Å². The van der Waals surface area contributed by atoms with Gasteiger partial charge in [-0.15, -0.1) is 11.8 Å². The van der Waals surface area contributed by atoms with Gasteiger partial charge in [-0.2, -0.15) is 0 Å². The smallest absolute Gasteiger partial charge is 0.230 e. The minimum absolute atomic E-state index is 0.0391. The van der Waals surface area contributed by atoms with Gasteiger partial charge in [0.1, 0.15) is 13.2 Å². The topological polar surface area (TPSA) is 66.0 Å². The fraction of sp³-hybridized carbons (Fsp3) is 0.350. The molecule has 0 unspecified atom stereocenters. The van der Waals surface area contributed by atoms with E-state index in [1.165, 1.54) is 11.8 Å². The monoisotopic (exact) mass is 389 g/mol. The molecule has 1 aliphatic heterocycles. The molecule has 2 aromatic carbocycles. The normalized spacial score (nSPS) is 12.4. The highest BCUT2D eigenvalue weighted by Crippen LogP contribution is 2.34. The number of methoxy groups -OCH3 is 1. The van der Waals surface area contributed by atoms with Crippen LogP contribution >= 0.6 is 11.8 Å². The van der Waals surface area contributed by atoms with E-state index < -0.39 is 0 Å². The highest BCUT2D eigenvalue weighted by Gasteiger charge is 2.13. The summed E-state index contributed by atoms with van der Waals surface area (Å²) in [7, 11) is 1.60. The Hall–Kier alpha value is -2.54. The molecule has 7 heteroatoms. The third-order valence-corrected chi connectivity index (χ3v) is 4.89. The van der Waals surface area contributed by atoms with E-state index in [0.29, 0.717) is 43.6 Å². The number of fused-ring (bicyclic) bond motifs is 1. The van der Waals surface area contributed by atoms with Crippen molar-refractivity contribution in [3.05, 3.63) is 42.0 Å². The Kier molecular flexibility index (Phi) is 6.70. The molecule has 0 aliphatic carbocycles. The van der Waals surface area contributed by atoms with Gasteiger partial charge in [-0.1, -0.05) is 6.07 Å². The average Bonchev–Trinajstić information content (AvgIpc) is 2.71. The van der Waals surface area contributed by atoms with Crippen LogP contribution in [0.3, 0.4) is 0 Å². The van der Waals surface area contributed by atoms with Crippen molar-refractivity contribution in [2.45, 2.75) is 18.4 Å². The molecular formula is C20H23NO5S. The van der Waals surface area contributed by atoms with E-state index in [4.69, 9.17) is 18.9 Å². The highest BCUT2D eigenvalue weighted by molar-refractivity contribution is 8.00. The van der Waals surface area contributed by atoms with Crippen LogP contribution in [0.25, 0.3) is 0 Å². The van der Waals surface area contributed by atoms with Crippen molar-refractivity contribution in [3.63, 3.8) is 0 Å². The summed E-state index contributed by atoms with van der Waals surface area (Å²) in [4.78, 5) is 13.1. The molecule has 0 fully saturated rings. The van der Waals surface area contributed by atoms with Crippen molar-refractivity contribution in [2.24, 2.45) is 0 Å². The molecule has 0 saturated carbocycles. The van der Waals surface area contributed by atoms with Gasteiger partial charge in [0.15, 0.2) is 23.0 Å². The number of hydrogen-bond donors (Lipinski definition) is 1. The molecule has 0 bridgehead atoms. The molecule has 0 aromatic heterocycles. The van der Waals surface area contributed by atoms with Crippen molar-refractivity contribution in [2.75, 3.05) is 32.7 Å². The average molecular weight is 389 g/mol. The summed E-state index contributed by atoms with van der Waals surface area (Å²) in [6.07, 6.45) is 0. The van der Waals surface area contributed by atoms with Crippen LogP contribution in [-0.4, -0.2) is 38.6 Å². The second kappa shape index (κ2) is 9.41. The lowest BCUT2D eigenvalue weighted by molar-refractivity contribution is -0.118. The highest BCUT2D eigenvalue weighted by atomic mass is 32.2. The number of ether oxygens (including phenoxy) is 4. The predicted octanol–water partition coefficient (Wildman–Crippen LogP) is 3.27. The van der Waals surface area contributed by atoms with Gasteiger partial charge in [0, 0.05) is 11.4 Å². The zero-order chi connectivity index (χ0) is 19.1. The van der Waals surface area contributed by atoms with Crippen LogP contribution in [0.4, 0.5) is 0 Å². The summed E-state index contributed by atoms with van der Waals surface area (Å²) in [5.74, 6) is 3.13. The lowest BCUT2D eigenvalue weighted by atomic mass is 10.2. The summed E-state index contributed by atoms with van der Waals surface area (Å²) >= 11 is 1.46. The maximum Gasteiger partial charge on any atom is 0.230 e. The molecule has 0 spiro atoms.